The van der Waals surface area contributed by atoms with Gasteiger partial charge in [-0.2, -0.15) is 0 Å². The SMILES string of the molecule is OC[C@@H]1C[C@@H](c2ccccc2)O[C@@H](C(Cl)(Cl)Cl)O1. The van der Waals surface area contributed by atoms with Gasteiger partial charge in [0, 0.05) is 6.42 Å². The summed E-state index contributed by atoms with van der Waals surface area (Å²) in [6.45, 7) is -0.135. The van der Waals surface area contributed by atoms with Crippen molar-refractivity contribution in [2.24, 2.45) is 0 Å². The number of alkyl halides is 3. The molecule has 1 aliphatic heterocycles. The molecule has 1 N–H and O–H groups in total. The normalized spacial score (nSPS) is 29.2. The van der Waals surface area contributed by atoms with E-state index in [1.165, 1.54) is 0 Å². The monoisotopic (exact) mass is 310 g/mol. The fourth-order valence-corrected chi connectivity index (χ4v) is 2.17. The summed E-state index contributed by atoms with van der Waals surface area (Å²) >= 11 is 17.4. The lowest BCUT2D eigenvalue weighted by molar-refractivity contribution is -0.248. The standard InChI is InChI=1S/C12H13Cl3O3/c13-12(14,15)11-17-9(7-16)6-10(18-11)8-4-2-1-3-5-8/h1-5,9-11,16H,6-7H2/t9-,10-,11-/m0/s1. The van der Waals surface area contributed by atoms with Crippen LogP contribution in [-0.2, 0) is 9.47 Å². The van der Waals surface area contributed by atoms with Crippen LogP contribution in [0.25, 0.3) is 0 Å². The molecule has 2 rings (SSSR count). The molecule has 0 radical (unpaired) electrons. The molecule has 18 heavy (non-hydrogen) atoms. The van der Waals surface area contributed by atoms with Gasteiger partial charge < -0.3 is 14.6 Å². The average molecular weight is 312 g/mol. The van der Waals surface area contributed by atoms with Gasteiger partial charge in [-0.1, -0.05) is 65.1 Å². The van der Waals surface area contributed by atoms with Crippen LogP contribution in [0.4, 0.5) is 0 Å². The molecule has 1 fully saturated rings. The molecule has 0 aliphatic carbocycles. The molecule has 1 aliphatic rings. The summed E-state index contributed by atoms with van der Waals surface area (Å²) in [7, 11) is 0. The highest BCUT2D eigenvalue weighted by molar-refractivity contribution is 6.67. The topological polar surface area (TPSA) is 38.7 Å². The molecule has 0 aromatic heterocycles. The quantitative estimate of drug-likeness (QED) is 0.852. The van der Waals surface area contributed by atoms with Crippen molar-refractivity contribution in [3.05, 3.63) is 35.9 Å². The summed E-state index contributed by atoms with van der Waals surface area (Å²) in [5.41, 5.74) is 0.971. The molecular weight excluding hydrogens is 298 g/mol. The fourth-order valence-electron chi connectivity index (χ4n) is 1.86. The highest BCUT2D eigenvalue weighted by atomic mass is 35.6. The van der Waals surface area contributed by atoms with Crippen LogP contribution < -0.4 is 0 Å². The Morgan fingerprint density at radius 1 is 1.17 bits per heavy atom. The molecule has 3 nitrogen and oxygen atoms in total. The first-order chi connectivity index (χ1) is 8.50. The molecular formula is C12H13Cl3O3. The second-order valence-corrected chi connectivity index (χ2v) is 6.45. The van der Waals surface area contributed by atoms with Crippen molar-refractivity contribution in [1.82, 2.24) is 0 Å². The van der Waals surface area contributed by atoms with Gasteiger partial charge in [0.2, 0.25) is 10.1 Å². The van der Waals surface area contributed by atoms with Crippen LogP contribution in [0.15, 0.2) is 30.3 Å². The Morgan fingerprint density at radius 2 is 1.83 bits per heavy atom. The Balaban J connectivity index is 2.16. The van der Waals surface area contributed by atoms with Crippen LogP contribution in [0.5, 0.6) is 0 Å². The highest BCUT2D eigenvalue weighted by Crippen LogP contribution is 2.41. The van der Waals surface area contributed by atoms with Crippen LogP contribution >= 0.6 is 34.8 Å². The fraction of sp³-hybridized carbons (Fsp3) is 0.500. The minimum absolute atomic E-state index is 0.135. The number of hydrogen-bond acceptors (Lipinski definition) is 3. The molecule has 6 heteroatoms. The minimum Gasteiger partial charge on any atom is -0.394 e. The summed E-state index contributed by atoms with van der Waals surface area (Å²) in [6.07, 6.45) is -1.11. The van der Waals surface area contributed by atoms with Gasteiger partial charge >= 0.3 is 0 Å². The smallest absolute Gasteiger partial charge is 0.240 e. The second kappa shape index (κ2) is 5.95. The molecule has 0 bridgehead atoms. The molecule has 3 atom stereocenters. The predicted octanol–water partition coefficient (Wildman–Crippen LogP) is 3.22. The van der Waals surface area contributed by atoms with E-state index >= 15 is 0 Å². The van der Waals surface area contributed by atoms with Gasteiger partial charge in [0.1, 0.15) is 0 Å². The molecule has 0 unspecified atom stereocenters. The van der Waals surface area contributed by atoms with E-state index < -0.39 is 16.2 Å². The zero-order valence-electron chi connectivity index (χ0n) is 9.43. The third kappa shape index (κ3) is 3.50. The van der Waals surface area contributed by atoms with Crippen molar-refractivity contribution < 1.29 is 14.6 Å². The highest BCUT2D eigenvalue weighted by Gasteiger charge is 2.42. The van der Waals surface area contributed by atoms with E-state index in [1.807, 2.05) is 30.3 Å². The number of ether oxygens (including phenoxy) is 2. The van der Waals surface area contributed by atoms with Crippen molar-refractivity contribution in [3.63, 3.8) is 0 Å². The maximum Gasteiger partial charge on any atom is 0.240 e. The van der Waals surface area contributed by atoms with Crippen molar-refractivity contribution in [2.45, 2.75) is 28.7 Å². The van der Waals surface area contributed by atoms with Crippen LogP contribution in [0, 0.1) is 0 Å². The first kappa shape index (κ1) is 14.4. The lowest BCUT2D eigenvalue weighted by Gasteiger charge is -2.38. The Morgan fingerprint density at radius 3 is 2.39 bits per heavy atom. The van der Waals surface area contributed by atoms with Crippen molar-refractivity contribution >= 4 is 34.8 Å². The molecule has 1 heterocycles. The number of benzene rings is 1. The first-order valence-electron chi connectivity index (χ1n) is 5.54. The van der Waals surface area contributed by atoms with Gasteiger partial charge in [0.25, 0.3) is 0 Å². The van der Waals surface area contributed by atoms with Crippen LogP contribution in [0.3, 0.4) is 0 Å². The van der Waals surface area contributed by atoms with Crippen molar-refractivity contribution in [3.8, 4) is 0 Å². The van der Waals surface area contributed by atoms with Gasteiger partial charge in [0.15, 0.2) is 0 Å². The number of aliphatic hydroxyl groups excluding tert-OH is 1. The van der Waals surface area contributed by atoms with E-state index in [9.17, 15) is 5.11 Å². The molecule has 100 valence electrons. The largest absolute Gasteiger partial charge is 0.394 e. The first-order valence-corrected chi connectivity index (χ1v) is 6.67. The van der Waals surface area contributed by atoms with Crippen molar-refractivity contribution in [2.75, 3.05) is 6.61 Å². The predicted molar refractivity (Wildman–Crippen MR) is 70.9 cm³/mol. The molecule has 1 saturated heterocycles. The minimum atomic E-state index is -1.68. The van der Waals surface area contributed by atoms with Gasteiger partial charge in [-0.15, -0.1) is 0 Å². The van der Waals surface area contributed by atoms with Crippen LogP contribution in [0.2, 0.25) is 0 Å². The summed E-state index contributed by atoms with van der Waals surface area (Å²) in [5, 5.41) is 9.23. The summed E-state index contributed by atoms with van der Waals surface area (Å²) in [6, 6.07) is 9.59. The Labute approximate surface area is 121 Å². The van der Waals surface area contributed by atoms with Gasteiger partial charge in [-0.3, -0.25) is 0 Å². The Bertz CT molecular complexity index is 380. The van der Waals surface area contributed by atoms with Gasteiger partial charge in [-0.25, -0.2) is 0 Å². The van der Waals surface area contributed by atoms with E-state index in [4.69, 9.17) is 44.3 Å². The van der Waals surface area contributed by atoms with E-state index in [0.717, 1.165) is 5.56 Å². The van der Waals surface area contributed by atoms with E-state index in [2.05, 4.69) is 0 Å². The number of hydrogen-bond donors (Lipinski definition) is 1. The van der Waals surface area contributed by atoms with E-state index in [1.54, 1.807) is 0 Å². The van der Waals surface area contributed by atoms with E-state index in [-0.39, 0.29) is 12.7 Å². The summed E-state index contributed by atoms with van der Waals surface area (Å²) < 4.78 is 9.34. The zero-order valence-corrected chi connectivity index (χ0v) is 11.7. The third-order valence-corrected chi connectivity index (χ3v) is 3.26. The maximum absolute atomic E-state index is 9.23. The second-order valence-electron chi connectivity index (χ2n) is 4.09. The number of halogens is 3. The van der Waals surface area contributed by atoms with Gasteiger partial charge in [0.05, 0.1) is 18.8 Å². The molecule has 1 aromatic rings. The summed E-state index contributed by atoms with van der Waals surface area (Å²) in [5.74, 6) is 0. The zero-order chi connectivity index (χ0) is 13.2. The molecule has 0 spiro atoms. The molecule has 1 aromatic carbocycles. The van der Waals surface area contributed by atoms with Crippen LogP contribution in [0.1, 0.15) is 18.1 Å². The lowest BCUT2D eigenvalue weighted by atomic mass is 10.0. The molecule has 0 amide bonds. The van der Waals surface area contributed by atoms with Crippen molar-refractivity contribution in [1.29, 1.82) is 0 Å². The Hall–Kier alpha value is -0.0300. The third-order valence-electron chi connectivity index (χ3n) is 2.72. The van der Waals surface area contributed by atoms with Crippen LogP contribution in [-0.4, -0.2) is 27.9 Å². The Kier molecular flexibility index (Phi) is 4.75. The lowest BCUT2D eigenvalue weighted by Crippen LogP contribution is -2.43. The number of aliphatic hydroxyl groups is 1. The van der Waals surface area contributed by atoms with E-state index in [0.29, 0.717) is 6.42 Å². The average Bonchev–Trinajstić information content (AvgIpc) is 2.38. The molecule has 0 saturated carbocycles. The number of rotatable bonds is 2. The summed E-state index contributed by atoms with van der Waals surface area (Å²) in [4.78, 5) is 0. The maximum atomic E-state index is 9.23. The van der Waals surface area contributed by atoms with Gasteiger partial charge in [-0.05, 0) is 5.56 Å².